The summed E-state index contributed by atoms with van der Waals surface area (Å²) in [5, 5.41) is 19.4. The molecule has 0 fully saturated rings. The SMILES string of the molecule is CCCCCCCCC1(CCCCCCCC)c2cc3c(cc2-c2c1c[c]([Sn]([CH3])([CH3])[CH3])c1nonc21)C(CCCCCCCC)(CCCCCCCC)c1c[c]([Sn]([CH3])([CH3])[CH3])c2nonc2c1-3. The fourth-order valence-corrected chi connectivity index (χ4v) is 20.9. The first kappa shape index (κ1) is 51.9. The molecule has 0 unspecified atom stereocenters. The van der Waals surface area contributed by atoms with Gasteiger partial charge in [0, 0.05) is 0 Å². The van der Waals surface area contributed by atoms with Gasteiger partial charge in [-0.2, -0.15) is 0 Å². The van der Waals surface area contributed by atoms with Crippen LogP contribution in [0.1, 0.15) is 230 Å². The van der Waals surface area contributed by atoms with E-state index < -0.39 is 36.8 Å². The van der Waals surface area contributed by atoms with Gasteiger partial charge in [0.2, 0.25) is 0 Å². The molecule has 2 aliphatic carbocycles. The van der Waals surface area contributed by atoms with Crippen LogP contribution in [0.2, 0.25) is 29.6 Å². The number of fused-ring (bicyclic) bond motifs is 10. The number of hydrogen-bond acceptors (Lipinski definition) is 6. The van der Waals surface area contributed by atoms with Crippen molar-refractivity contribution in [1.82, 2.24) is 20.6 Å². The molecule has 6 nitrogen and oxygen atoms in total. The first-order valence-corrected chi connectivity index (χ1v) is 47.7. The van der Waals surface area contributed by atoms with Crippen molar-refractivity contribution in [3.63, 3.8) is 0 Å². The Labute approximate surface area is 409 Å². The molecule has 0 aliphatic heterocycles. The predicted octanol–water partition coefficient (Wildman–Crippen LogP) is 17.4. The molecule has 0 saturated carbocycles. The van der Waals surface area contributed by atoms with Gasteiger partial charge in [-0.05, 0) is 0 Å². The first-order chi connectivity index (χ1) is 31.9. The summed E-state index contributed by atoms with van der Waals surface area (Å²) < 4.78 is 14.6. The van der Waals surface area contributed by atoms with E-state index in [9.17, 15) is 0 Å². The van der Waals surface area contributed by atoms with Gasteiger partial charge < -0.3 is 0 Å². The van der Waals surface area contributed by atoms with Gasteiger partial charge in [0.25, 0.3) is 0 Å². The number of unbranched alkanes of at least 4 members (excludes halogenated alkanes) is 20. The van der Waals surface area contributed by atoms with Crippen molar-refractivity contribution in [3.05, 3.63) is 46.5 Å². The average Bonchev–Trinajstić information content (AvgIpc) is 4.08. The van der Waals surface area contributed by atoms with Crippen LogP contribution in [0.3, 0.4) is 0 Å². The van der Waals surface area contributed by atoms with Crippen molar-refractivity contribution in [2.75, 3.05) is 0 Å². The molecule has 5 aromatic rings. The monoisotopic (exact) mass is 1110 g/mol. The quantitative estimate of drug-likeness (QED) is 0.0337. The molecule has 0 saturated heterocycles. The number of aromatic nitrogens is 4. The Kier molecular flexibility index (Phi) is 18.3. The molecular weight excluding hydrogens is 1020 g/mol. The summed E-state index contributed by atoms with van der Waals surface area (Å²) in [6.45, 7) is 9.34. The third-order valence-corrected chi connectivity index (χ3v) is 27.7. The third kappa shape index (κ3) is 10.8. The molecule has 0 atom stereocenters. The summed E-state index contributed by atoms with van der Waals surface area (Å²) in [5.74, 6) is 0. The van der Waals surface area contributed by atoms with Crippen LogP contribution in [-0.4, -0.2) is 57.4 Å². The molecule has 0 N–H and O–H groups in total. The maximum atomic E-state index is 5.85. The minimum absolute atomic E-state index is 0.0961. The van der Waals surface area contributed by atoms with Crippen molar-refractivity contribution in [1.29, 1.82) is 0 Å². The Hall–Kier alpha value is -1.94. The molecule has 66 heavy (non-hydrogen) atoms. The summed E-state index contributed by atoms with van der Waals surface area (Å²) in [5.41, 5.74) is 15.6. The molecule has 8 heteroatoms. The van der Waals surface area contributed by atoms with E-state index in [-0.39, 0.29) is 10.8 Å². The van der Waals surface area contributed by atoms with E-state index in [1.807, 2.05) is 0 Å². The van der Waals surface area contributed by atoms with Crippen LogP contribution >= 0.6 is 0 Å². The van der Waals surface area contributed by atoms with Crippen LogP contribution in [0.15, 0.2) is 33.5 Å². The first-order valence-electron chi connectivity index (χ1n) is 27.7. The topological polar surface area (TPSA) is 77.8 Å². The number of hydrogen-bond donors (Lipinski definition) is 0. The summed E-state index contributed by atoms with van der Waals surface area (Å²) in [4.78, 5) is 15.3. The zero-order chi connectivity index (χ0) is 47.0. The zero-order valence-corrected chi connectivity index (χ0v) is 49.4. The Morgan fingerprint density at radius 1 is 0.348 bits per heavy atom. The second-order valence-corrected chi connectivity index (χ2v) is 52.1. The van der Waals surface area contributed by atoms with Gasteiger partial charge in [-0.3, -0.25) is 0 Å². The molecule has 362 valence electrons. The van der Waals surface area contributed by atoms with Gasteiger partial charge in [0.1, 0.15) is 0 Å². The Balaban J connectivity index is 1.49. The molecule has 0 spiro atoms. The van der Waals surface area contributed by atoms with Crippen LogP contribution in [0.5, 0.6) is 0 Å². The van der Waals surface area contributed by atoms with Crippen LogP contribution in [0.25, 0.3) is 44.3 Å². The fourth-order valence-electron chi connectivity index (χ4n) is 12.6. The summed E-state index contributed by atoms with van der Waals surface area (Å²) in [7, 11) is 0. The van der Waals surface area contributed by atoms with Crippen molar-refractivity contribution in [2.45, 2.75) is 248 Å². The van der Waals surface area contributed by atoms with Crippen molar-refractivity contribution in [2.24, 2.45) is 0 Å². The van der Waals surface area contributed by atoms with Crippen LogP contribution in [0, 0.1) is 0 Å². The van der Waals surface area contributed by atoms with Gasteiger partial charge in [0.05, 0.1) is 0 Å². The molecule has 2 aromatic heterocycles. The molecule has 2 aliphatic rings. The molecule has 7 rings (SSSR count). The van der Waals surface area contributed by atoms with Gasteiger partial charge in [-0.25, -0.2) is 0 Å². The zero-order valence-electron chi connectivity index (χ0n) is 43.7. The Bertz CT molecular complexity index is 2150. The second kappa shape index (κ2) is 23.3. The van der Waals surface area contributed by atoms with Crippen LogP contribution < -0.4 is 7.16 Å². The molecule has 0 amide bonds. The van der Waals surface area contributed by atoms with Gasteiger partial charge in [-0.15, -0.1) is 0 Å². The normalized spacial score (nSPS) is 14.9. The standard InChI is InChI=1S/C52H72N4O2.6CH3.2Sn/c1-5-9-13-17-21-25-33-51(34-26-22-18-14-10-6-2)41-29-31-45-49(55-57-53-45)47(41)39-38-44-40(37-43(39)51)48-42(30-32-46-50(48)56-58-54-46)52(44,35-27-23-19-15-11-7-3)36-28-24-20-16-12-8-4;;;;;;;;/h29-30,37-38H,5-28,33-36H2,1-4H3;6*1H3;;. The van der Waals surface area contributed by atoms with E-state index in [1.54, 1.807) is 0 Å². The Morgan fingerprint density at radius 2 is 0.621 bits per heavy atom. The van der Waals surface area contributed by atoms with E-state index in [0.29, 0.717) is 0 Å². The van der Waals surface area contributed by atoms with Gasteiger partial charge >= 0.3 is 413 Å². The molecule has 0 bridgehead atoms. The molecule has 0 radical (unpaired) electrons. The third-order valence-electron chi connectivity index (χ3n) is 16.3. The molecular formula is C58H90N4O2Sn2. The van der Waals surface area contributed by atoms with E-state index >= 15 is 0 Å². The van der Waals surface area contributed by atoms with Crippen LogP contribution in [0.4, 0.5) is 0 Å². The number of rotatable bonds is 30. The summed E-state index contributed by atoms with van der Waals surface area (Å²) in [6.07, 6.45) is 36.0. The van der Waals surface area contributed by atoms with E-state index in [1.165, 1.54) is 231 Å². The van der Waals surface area contributed by atoms with Crippen molar-refractivity contribution in [3.8, 4) is 22.3 Å². The van der Waals surface area contributed by atoms with E-state index in [4.69, 9.17) is 29.9 Å². The maximum absolute atomic E-state index is 5.85. The minimum atomic E-state index is -2.73. The number of nitrogens with zero attached hydrogens (tertiary/aromatic N) is 4. The number of benzene rings is 3. The molecule has 2 heterocycles. The predicted molar refractivity (Wildman–Crippen MR) is 288 cm³/mol. The van der Waals surface area contributed by atoms with Gasteiger partial charge in [-0.1, -0.05) is 0 Å². The van der Waals surface area contributed by atoms with E-state index in [0.717, 1.165) is 22.1 Å². The van der Waals surface area contributed by atoms with E-state index in [2.05, 4.69) is 81.6 Å². The van der Waals surface area contributed by atoms with Crippen molar-refractivity contribution >= 4 is 66.0 Å². The fraction of sp³-hybridized carbons (Fsp3) is 0.690. The van der Waals surface area contributed by atoms with Crippen molar-refractivity contribution < 1.29 is 9.26 Å². The van der Waals surface area contributed by atoms with Crippen LogP contribution in [-0.2, 0) is 10.8 Å². The Morgan fingerprint density at radius 3 is 0.909 bits per heavy atom. The summed E-state index contributed by atoms with van der Waals surface area (Å²) >= 11 is -5.47. The summed E-state index contributed by atoms with van der Waals surface area (Å²) in [6, 6.07) is 10.9. The van der Waals surface area contributed by atoms with Gasteiger partial charge in [0.15, 0.2) is 0 Å². The average molecular weight is 1110 g/mol. The second-order valence-electron chi connectivity index (χ2n) is 23.3. The molecule has 3 aromatic carbocycles.